The molecule has 1 aromatic carbocycles. The Kier molecular flexibility index (Phi) is 3.49. The zero-order chi connectivity index (χ0) is 14.1. The van der Waals surface area contributed by atoms with Crippen molar-refractivity contribution in [1.29, 1.82) is 0 Å². The fourth-order valence-electron chi connectivity index (χ4n) is 2.80. The van der Waals surface area contributed by atoms with Crippen LogP contribution in [0.25, 0.3) is 0 Å². The molecule has 0 amide bonds. The molecule has 1 aliphatic carbocycles. The lowest BCUT2D eigenvalue weighted by Crippen LogP contribution is -2.09. The quantitative estimate of drug-likeness (QED) is 0.934. The summed E-state index contributed by atoms with van der Waals surface area (Å²) in [5, 5.41) is 14.4. The van der Waals surface area contributed by atoms with E-state index in [1.807, 2.05) is 36.9 Å². The predicted molar refractivity (Wildman–Crippen MR) is 76.6 cm³/mol. The lowest BCUT2D eigenvalue weighted by Gasteiger charge is -2.22. The van der Waals surface area contributed by atoms with Crippen molar-refractivity contribution in [2.45, 2.75) is 38.9 Å². The zero-order valence-electron chi connectivity index (χ0n) is 12.0. The predicted octanol–water partition coefficient (Wildman–Crippen LogP) is 2.68. The van der Waals surface area contributed by atoms with Crippen molar-refractivity contribution in [2.75, 3.05) is 0 Å². The maximum absolute atomic E-state index is 10.0. The van der Waals surface area contributed by atoms with Crippen LogP contribution in [-0.4, -0.2) is 14.9 Å². The molecule has 1 aliphatic rings. The van der Waals surface area contributed by atoms with Gasteiger partial charge in [0.25, 0.3) is 0 Å². The molecule has 4 nitrogen and oxygen atoms in total. The molecule has 1 aromatic heterocycles. The van der Waals surface area contributed by atoms with Gasteiger partial charge in [-0.2, -0.15) is 5.10 Å². The van der Waals surface area contributed by atoms with Crippen LogP contribution >= 0.6 is 0 Å². The molecule has 4 heteroatoms. The van der Waals surface area contributed by atoms with E-state index in [0.29, 0.717) is 6.61 Å². The standard InChI is InChI=1S/C16H20N2O2/c1-11-8-13(18(2)17-11)10-20-14-7-6-12-4-3-5-16(19)15(12)9-14/h6-9,16,19H,3-5,10H2,1-2H3/t16-/m0/s1. The van der Waals surface area contributed by atoms with E-state index in [2.05, 4.69) is 11.2 Å². The number of fused-ring (bicyclic) bond motifs is 1. The molecule has 0 saturated carbocycles. The molecule has 1 heterocycles. The molecule has 0 aliphatic heterocycles. The molecule has 0 saturated heterocycles. The first-order valence-electron chi connectivity index (χ1n) is 7.06. The third kappa shape index (κ3) is 2.56. The molecule has 106 valence electrons. The Labute approximate surface area is 119 Å². The Morgan fingerprint density at radius 3 is 3.00 bits per heavy atom. The topological polar surface area (TPSA) is 47.3 Å². The highest BCUT2D eigenvalue weighted by Gasteiger charge is 2.18. The Balaban J connectivity index is 1.75. The van der Waals surface area contributed by atoms with E-state index in [-0.39, 0.29) is 6.10 Å². The van der Waals surface area contributed by atoms with Gasteiger partial charge in [0, 0.05) is 7.05 Å². The Morgan fingerprint density at radius 2 is 2.25 bits per heavy atom. The summed E-state index contributed by atoms with van der Waals surface area (Å²) in [6.07, 6.45) is 2.61. The van der Waals surface area contributed by atoms with E-state index in [0.717, 1.165) is 42.0 Å². The summed E-state index contributed by atoms with van der Waals surface area (Å²) in [6, 6.07) is 8.05. The Morgan fingerprint density at radius 1 is 1.40 bits per heavy atom. The zero-order valence-corrected chi connectivity index (χ0v) is 12.0. The highest BCUT2D eigenvalue weighted by molar-refractivity contribution is 5.38. The van der Waals surface area contributed by atoms with Crippen LogP contribution in [-0.2, 0) is 20.1 Å². The molecule has 0 spiro atoms. The monoisotopic (exact) mass is 272 g/mol. The van der Waals surface area contributed by atoms with Gasteiger partial charge in [-0.3, -0.25) is 4.68 Å². The number of hydrogen-bond donors (Lipinski definition) is 1. The number of aromatic nitrogens is 2. The Bertz CT molecular complexity index is 619. The van der Waals surface area contributed by atoms with Gasteiger partial charge >= 0.3 is 0 Å². The highest BCUT2D eigenvalue weighted by Crippen LogP contribution is 2.32. The third-order valence-electron chi connectivity index (χ3n) is 3.89. The third-order valence-corrected chi connectivity index (χ3v) is 3.89. The highest BCUT2D eigenvalue weighted by atomic mass is 16.5. The van der Waals surface area contributed by atoms with Crippen molar-refractivity contribution < 1.29 is 9.84 Å². The maximum atomic E-state index is 10.0. The van der Waals surface area contributed by atoms with Crippen LogP contribution in [0, 0.1) is 6.92 Å². The van der Waals surface area contributed by atoms with Crippen molar-refractivity contribution in [3.05, 3.63) is 46.8 Å². The largest absolute Gasteiger partial charge is 0.487 e. The molecule has 20 heavy (non-hydrogen) atoms. The minimum Gasteiger partial charge on any atom is -0.487 e. The summed E-state index contributed by atoms with van der Waals surface area (Å²) in [4.78, 5) is 0. The van der Waals surface area contributed by atoms with Gasteiger partial charge in [-0.25, -0.2) is 0 Å². The lowest BCUT2D eigenvalue weighted by atomic mass is 9.89. The number of benzene rings is 1. The fraction of sp³-hybridized carbons (Fsp3) is 0.438. The van der Waals surface area contributed by atoms with Gasteiger partial charge in [0.15, 0.2) is 0 Å². The van der Waals surface area contributed by atoms with Crippen molar-refractivity contribution in [2.24, 2.45) is 7.05 Å². The first-order valence-corrected chi connectivity index (χ1v) is 7.06. The van der Waals surface area contributed by atoms with Gasteiger partial charge in [0.1, 0.15) is 12.4 Å². The normalized spacial score (nSPS) is 17.9. The summed E-state index contributed by atoms with van der Waals surface area (Å²) >= 11 is 0. The molecular formula is C16H20N2O2. The lowest BCUT2D eigenvalue weighted by molar-refractivity contribution is 0.156. The van der Waals surface area contributed by atoms with Crippen molar-refractivity contribution in [3.8, 4) is 5.75 Å². The van der Waals surface area contributed by atoms with Crippen LogP contribution in [0.3, 0.4) is 0 Å². The van der Waals surface area contributed by atoms with Crippen LogP contribution < -0.4 is 4.74 Å². The van der Waals surface area contributed by atoms with E-state index in [1.165, 1.54) is 5.56 Å². The summed E-state index contributed by atoms with van der Waals surface area (Å²) < 4.78 is 7.66. The van der Waals surface area contributed by atoms with Gasteiger partial charge in [-0.1, -0.05) is 6.07 Å². The molecule has 0 radical (unpaired) electrons. The van der Waals surface area contributed by atoms with Crippen molar-refractivity contribution >= 4 is 0 Å². The SMILES string of the molecule is Cc1cc(COc2ccc3c(c2)[C@@H](O)CCC3)n(C)n1. The maximum Gasteiger partial charge on any atom is 0.130 e. The number of nitrogens with zero attached hydrogens (tertiary/aromatic N) is 2. The molecule has 2 aromatic rings. The number of hydrogen-bond acceptors (Lipinski definition) is 3. The summed E-state index contributed by atoms with van der Waals surface area (Å²) in [5.74, 6) is 0.809. The number of aliphatic hydroxyl groups is 1. The second kappa shape index (κ2) is 5.29. The number of ether oxygens (including phenoxy) is 1. The first kappa shape index (κ1) is 13.2. The van der Waals surface area contributed by atoms with E-state index >= 15 is 0 Å². The van der Waals surface area contributed by atoms with Gasteiger partial charge < -0.3 is 9.84 Å². The van der Waals surface area contributed by atoms with Gasteiger partial charge in [-0.15, -0.1) is 0 Å². The minimum absolute atomic E-state index is 0.346. The van der Waals surface area contributed by atoms with Gasteiger partial charge in [0.2, 0.25) is 0 Å². The molecule has 1 atom stereocenters. The molecular weight excluding hydrogens is 252 g/mol. The molecule has 1 N–H and O–H groups in total. The van der Waals surface area contributed by atoms with Crippen LogP contribution in [0.4, 0.5) is 0 Å². The number of rotatable bonds is 3. The second-order valence-corrected chi connectivity index (χ2v) is 5.46. The summed E-state index contributed by atoms with van der Waals surface area (Å²) in [5.41, 5.74) is 4.30. The van der Waals surface area contributed by atoms with Crippen molar-refractivity contribution in [3.63, 3.8) is 0 Å². The van der Waals surface area contributed by atoms with E-state index in [1.54, 1.807) is 0 Å². The van der Waals surface area contributed by atoms with Crippen molar-refractivity contribution in [1.82, 2.24) is 9.78 Å². The summed E-state index contributed by atoms with van der Waals surface area (Å²) in [6.45, 7) is 2.46. The molecule has 0 unspecified atom stereocenters. The van der Waals surface area contributed by atoms with Crippen LogP contribution in [0.1, 0.15) is 41.5 Å². The minimum atomic E-state index is -0.346. The van der Waals surface area contributed by atoms with E-state index in [9.17, 15) is 5.11 Å². The van der Waals surface area contributed by atoms with Gasteiger partial charge in [-0.05, 0) is 55.5 Å². The smallest absolute Gasteiger partial charge is 0.130 e. The number of aryl methyl sites for hydroxylation is 3. The average Bonchev–Trinajstić information content (AvgIpc) is 2.75. The summed E-state index contributed by atoms with van der Waals surface area (Å²) in [7, 11) is 1.92. The van der Waals surface area contributed by atoms with Crippen LogP contribution in [0.2, 0.25) is 0 Å². The van der Waals surface area contributed by atoms with Gasteiger partial charge in [0.05, 0.1) is 17.5 Å². The fourth-order valence-corrected chi connectivity index (χ4v) is 2.80. The average molecular weight is 272 g/mol. The molecule has 0 fully saturated rings. The van der Waals surface area contributed by atoms with Crippen LogP contribution in [0.5, 0.6) is 5.75 Å². The molecule has 3 rings (SSSR count). The van der Waals surface area contributed by atoms with Crippen LogP contribution in [0.15, 0.2) is 24.3 Å². The number of aliphatic hydroxyl groups excluding tert-OH is 1. The first-order chi connectivity index (χ1) is 9.63. The molecule has 0 bridgehead atoms. The second-order valence-electron chi connectivity index (χ2n) is 5.46. The Hall–Kier alpha value is -1.81. The van der Waals surface area contributed by atoms with E-state index < -0.39 is 0 Å². The van der Waals surface area contributed by atoms with E-state index in [4.69, 9.17) is 4.74 Å².